The summed E-state index contributed by atoms with van der Waals surface area (Å²) in [5.41, 5.74) is 5.90. The minimum Gasteiger partial charge on any atom is -0.341 e. The molecule has 1 rings (SSSR count). The quantitative estimate of drug-likeness (QED) is 0.842. The summed E-state index contributed by atoms with van der Waals surface area (Å²) in [5, 5.41) is 0. The van der Waals surface area contributed by atoms with Crippen LogP contribution in [0, 0.1) is 11.3 Å². The van der Waals surface area contributed by atoms with Crippen LogP contribution in [0.25, 0.3) is 0 Å². The van der Waals surface area contributed by atoms with Gasteiger partial charge >= 0.3 is 0 Å². The molecule has 0 aromatic rings. The molecule has 1 saturated carbocycles. The van der Waals surface area contributed by atoms with Crippen LogP contribution in [0.2, 0.25) is 0 Å². The first-order chi connectivity index (χ1) is 8.27. The van der Waals surface area contributed by atoms with Gasteiger partial charge in [0, 0.05) is 13.1 Å². The fraction of sp³-hybridized carbons (Fsp3) is 0.933. The van der Waals surface area contributed by atoms with Crippen LogP contribution >= 0.6 is 0 Å². The minimum absolute atomic E-state index is 0.0995. The second kappa shape index (κ2) is 6.05. The van der Waals surface area contributed by atoms with Crippen molar-refractivity contribution in [1.82, 2.24) is 4.90 Å². The van der Waals surface area contributed by atoms with E-state index in [1.165, 1.54) is 19.3 Å². The van der Waals surface area contributed by atoms with Crippen molar-refractivity contribution in [2.24, 2.45) is 17.1 Å². The van der Waals surface area contributed by atoms with Crippen LogP contribution in [0.3, 0.4) is 0 Å². The molecule has 3 nitrogen and oxygen atoms in total. The van der Waals surface area contributed by atoms with Gasteiger partial charge in [0.1, 0.15) is 0 Å². The number of rotatable bonds is 3. The van der Waals surface area contributed by atoms with E-state index in [-0.39, 0.29) is 11.3 Å². The predicted octanol–water partition coefficient (Wildman–Crippen LogP) is 2.79. The molecule has 0 aromatic heterocycles. The Labute approximate surface area is 112 Å². The summed E-state index contributed by atoms with van der Waals surface area (Å²) in [6.07, 6.45) is 6.05. The lowest BCUT2D eigenvalue weighted by Gasteiger charge is -2.38. The maximum Gasteiger partial charge on any atom is 0.240 e. The predicted molar refractivity (Wildman–Crippen MR) is 76.2 cm³/mol. The number of amides is 1. The molecule has 2 N–H and O–H groups in total. The summed E-state index contributed by atoms with van der Waals surface area (Å²) in [5.74, 6) is 0.962. The van der Waals surface area contributed by atoms with Crippen LogP contribution < -0.4 is 5.73 Å². The zero-order chi connectivity index (χ0) is 13.9. The molecule has 3 heteroatoms. The molecule has 0 heterocycles. The number of carbonyl (C=O) groups excluding carboxylic acids is 1. The molecular formula is C15H30N2O. The summed E-state index contributed by atoms with van der Waals surface area (Å²) in [7, 11) is 1.92. The van der Waals surface area contributed by atoms with Crippen LogP contribution in [0.1, 0.15) is 59.8 Å². The van der Waals surface area contributed by atoms with E-state index in [9.17, 15) is 4.79 Å². The lowest BCUT2D eigenvalue weighted by molar-refractivity contribution is -0.136. The number of nitrogens with zero attached hydrogens (tertiary/aromatic N) is 1. The highest BCUT2D eigenvalue weighted by Crippen LogP contribution is 2.30. The Morgan fingerprint density at radius 1 is 1.28 bits per heavy atom. The molecule has 1 atom stereocenters. The highest BCUT2D eigenvalue weighted by atomic mass is 16.2. The van der Waals surface area contributed by atoms with Crippen LogP contribution in [0.15, 0.2) is 0 Å². The lowest BCUT2D eigenvalue weighted by Crippen LogP contribution is -2.52. The normalized spacial score (nSPS) is 26.8. The van der Waals surface area contributed by atoms with Gasteiger partial charge in [0.25, 0.3) is 0 Å². The molecule has 0 unspecified atom stereocenters. The monoisotopic (exact) mass is 254 g/mol. The molecule has 0 aromatic carbocycles. The third-order valence-electron chi connectivity index (χ3n) is 4.49. The molecule has 1 fully saturated rings. The van der Waals surface area contributed by atoms with E-state index < -0.39 is 6.04 Å². The van der Waals surface area contributed by atoms with Gasteiger partial charge in [0.15, 0.2) is 0 Å². The van der Waals surface area contributed by atoms with E-state index in [2.05, 4.69) is 6.92 Å². The zero-order valence-corrected chi connectivity index (χ0v) is 12.7. The third-order valence-corrected chi connectivity index (χ3v) is 4.49. The smallest absolute Gasteiger partial charge is 0.240 e. The van der Waals surface area contributed by atoms with Crippen molar-refractivity contribution in [3.8, 4) is 0 Å². The number of carbonyl (C=O) groups is 1. The van der Waals surface area contributed by atoms with E-state index in [0.717, 1.165) is 18.8 Å². The molecule has 0 radical (unpaired) electrons. The molecule has 106 valence electrons. The van der Waals surface area contributed by atoms with Crippen LogP contribution in [0.5, 0.6) is 0 Å². The number of hydrogen-bond donors (Lipinski definition) is 1. The van der Waals surface area contributed by atoms with Gasteiger partial charge in [-0.25, -0.2) is 0 Å². The maximum absolute atomic E-state index is 12.3. The molecule has 1 aliphatic rings. The second-order valence-electron chi connectivity index (χ2n) is 6.88. The SMILES string of the molecule is CCC1CCC(N(C)C(=O)[C@@H](N)C(C)(C)C)CC1. The summed E-state index contributed by atoms with van der Waals surface area (Å²) in [6, 6.07) is 0.0000913. The van der Waals surface area contributed by atoms with Gasteiger partial charge in [-0.15, -0.1) is 0 Å². The van der Waals surface area contributed by atoms with Crippen LogP contribution in [0.4, 0.5) is 0 Å². The molecule has 18 heavy (non-hydrogen) atoms. The molecule has 0 saturated heterocycles. The Balaban J connectivity index is 2.55. The fourth-order valence-electron chi connectivity index (χ4n) is 2.71. The topological polar surface area (TPSA) is 46.3 Å². The highest BCUT2D eigenvalue weighted by Gasteiger charge is 2.33. The van der Waals surface area contributed by atoms with Gasteiger partial charge in [-0.05, 0) is 37.0 Å². The number of likely N-dealkylation sites (N-methyl/N-ethyl adjacent to an activating group) is 1. The maximum atomic E-state index is 12.3. The Kier molecular flexibility index (Phi) is 5.20. The Morgan fingerprint density at radius 3 is 2.17 bits per heavy atom. The molecule has 0 bridgehead atoms. The first kappa shape index (κ1) is 15.5. The van der Waals surface area contributed by atoms with Crippen molar-refractivity contribution in [1.29, 1.82) is 0 Å². The van der Waals surface area contributed by atoms with Crippen molar-refractivity contribution >= 4 is 5.91 Å². The number of hydrogen-bond acceptors (Lipinski definition) is 2. The van der Waals surface area contributed by atoms with E-state index in [0.29, 0.717) is 6.04 Å². The zero-order valence-electron chi connectivity index (χ0n) is 12.7. The molecule has 0 spiro atoms. The summed E-state index contributed by atoms with van der Waals surface area (Å²) >= 11 is 0. The first-order valence-electron chi connectivity index (χ1n) is 7.29. The Bertz CT molecular complexity index is 275. The van der Waals surface area contributed by atoms with E-state index in [4.69, 9.17) is 5.73 Å². The van der Waals surface area contributed by atoms with Gasteiger partial charge in [-0.1, -0.05) is 34.1 Å². The standard InChI is InChI=1S/C15H30N2O/c1-6-11-7-9-12(10-8-11)17(5)14(18)13(16)15(2,3)4/h11-13H,6-10,16H2,1-5H3/t11?,12?,13-/m1/s1. The summed E-state index contributed by atoms with van der Waals surface area (Å²) < 4.78 is 0. The number of nitrogens with two attached hydrogens (primary N) is 1. The first-order valence-corrected chi connectivity index (χ1v) is 7.29. The lowest BCUT2D eigenvalue weighted by atomic mass is 9.82. The van der Waals surface area contributed by atoms with Crippen molar-refractivity contribution < 1.29 is 4.79 Å². The van der Waals surface area contributed by atoms with Gasteiger partial charge in [0.2, 0.25) is 5.91 Å². The second-order valence-corrected chi connectivity index (χ2v) is 6.88. The van der Waals surface area contributed by atoms with E-state index in [1.54, 1.807) is 0 Å². The molecule has 1 amide bonds. The largest absolute Gasteiger partial charge is 0.341 e. The fourth-order valence-corrected chi connectivity index (χ4v) is 2.71. The molecule has 0 aliphatic heterocycles. The molecular weight excluding hydrogens is 224 g/mol. The van der Waals surface area contributed by atoms with Crippen molar-refractivity contribution in [2.75, 3.05) is 7.05 Å². The Hall–Kier alpha value is -0.570. The summed E-state index contributed by atoms with van der Waals surface area (Å²) in [4.78, 5) is 14.2. The van der Waals surface area contributed by atoms with Gasteiger partial charge < -0.3 is 10.6 Å². The molecule has 1 aliphatic carbocycles. The van der Waals surface area contributed by atoms with Gasteiger partial charge in [0.05, 0.1) is 6.04 Å². The average molecular weight is 254 g/mol. The van der Waals surface area contributed by atoms with Crippen LogP contribution in [-0.4, -0.2) is 29.9 Å². The van der Waals surface area contributed by atoms with E-state index >= 15 is 0 Å². The Morgan fingerprint density at radius 2 is 1.78 bits per heavy atom. The van der Waals surface area contributed by atoms with E-state index in [1.807, 2.05) is 32.7 Å². The average Bonchev–Trinajstić information content (AvgIpc) is 2.35. The van der Waals surface area contributed by atoms with Crippen molar-refractivity contribution in [3.63, 3.8) is 0 Å². The van der Waals surface area contributed by atoms with Crippen LogP contribution in [-0.2, 0) is 4.79 Å². The minimum atomic E-state index is -0.397. The van der Waals surface area contributed by atoms with Crippen molar-refractivity contribution in [2.45, 2.75) is 71.9 Å². The highest BCUT2D eigenvalue weighted by molar-refractivity contribution is 5.82. The summed E-state index contributed by atoms with van der Waals surface area (Å²) in [6.45, 7) is 8.33. The van der Waals surface area contributed by atoms with Gasteiger partial charge in [-0.3, -0.25) is 4.79 Å². The van der Waals surface area contributed by atoms with Crippen molar-refractivity contribution in [3.05, 3.63) is 0 Å². The van der Waals surface area contributed by atoms with Gasteiger partial charge in [-0.2, -0.15) is 0 Å². The third kappa shape index (κ3) is 3.71.